The van der Waals surface area contributed by atoms with E-state index in [1.54, 1.807) is 4.68 Å². The minimum absolute atomic E-state index is 0.471. The number of terminal acetylenes is 1. The second kappa shape index (κ2) is 5.04. The predicted molar refractivity (Wildman–Crippen MR) is 90.9 cm³/mol. The van der Waals surface area contributed by atoms with Gasteiger partial charge in [0.1, 0.15) is 5.69 Å². The highest BCUT2D eigenvalue weighted by molar-refractivity contribution is 5.94. The number of piperidine rings is 1. The highest BCUT2D eigenvalue weighted by Gasteiger charge is 2.37. The third-order valence-electron chi connectivity index (χ3n) is 5.35. The number of likely N-dealkylation sites (tertiary alicyclic amines) is 1. The third kappa shape index (κ3) is 1.95. The van der Waals surface area contributed by atoms with Gasteiger partial charge in [-0.3, -0.25) is 0 Å². The van der Waals surface area contributed by atoms with E-state index in [0.29, 0.717) is 17.7 Å². The van der Waals surface area contributed by atoms with Crippen molar-refractivity contribution in [3.63, 3.8) is 0 Å². The van der Waals surface area contributed by atoms with Crippen molar-refractivity contribution in [2.75, 3.05) is 19.0 Å². The molecule has 3 N–H and O–H groups in total. The molecular weight excluding hydrogens is 288 g/mol. The fourth-order valence-electron chi connectivity index (χ4n) is 4.43. The highest BCUT2D eigenvalue weighted by atomic mass is 16.2. The summed E-state index contributed by atoms with van der Waals surface area (Å²) in [6.45, 7) is 1.12. The first-order chi connectivity index (χ1) is 11.1. The number of aromatic nitrogens is 1. The van der Waals surface area contributed by atoms with Crippen LogP contribution in [0.3, 0.4) is 0 Å². The molecule has 1 aromatic carbocycles. The summed E-state index contributed by atoms with van der Waals surface area (Å²) in [5.41, 5.74) is 12.2. The first-order valence-corrected chi connectivity index (χ1v) is 8.01. The largest absolute Gasteiger partial charge is 0.350 e. The third-order valence-corrected chi connectivity index (χ3v) is 5.35. The van der Waals surface area contributed by atoms with Gasteiger partial charge in [-0.1, -0.05) is 12.1 Å². The standard InChI is InChI=1S/C18H20N4O/c1-3-14-13-10-16-11(7-5-9-21(16)2)12-6-4-8-15(17(12)13)22(14)20-18(19)23/h1,4,6,8,11,16H,5,7,9-10H2,2H3,(H3,19,20,23)/t11-,16-/m1/s1. The van der Waals surface area contributed by atoms with Gasteiger partial charge in [-0.2, -0.15) is 0 Å². The Morgan fingerprint density at radius 1 is 1.48 bits per heavy atom. The van der Waals surface area contributed by atoms with Crippen molar-refractivity contribution in [1.82, 2.24) is 9.58 Å². The quantitative estimate of drug-likeness (QED) is 0.791. The lowest BCUT2D eigenvalue weighted by Crippen LogP contribution is -2.44. The summed E-state index contributed by atoms with van der Waals surface area (Å²) in [6.07, 6.45) is 9.10. The Bertz CT molecular complexity index is 845. The van der Waals surface area contributed by atoms with Crippen molar-refractivity contribution >= 4 is 16.9 Å². The van der Waals surface area contributed by atoms with E-state index >= 15 is 0 Å². The number of hydrogen-bond acceptors (Lipinski definition) is 2. The van der Waals surface area contributed by atoms with E-state index in [2.05, 4.69) is 29.4 Å². The molecule has 1 saturated heterocycles. The molecule has 0 radical (unpaired) electrons. The fourth-order valence-corrected chi connectivity index (χ4v) is 4.43. The molecule has 118 valence electrons. The number of nitrogens with two attached hydrogens (primary N) is 1. The van der Waals surface area contributed by atoms with Gasteiger partial charge in [0.25, 0.3) is 0 Å². The number of amides is 2. The number of likely N-dealkylation sites (N-methyl/N-ethyl adjacent to an activating group) is 1. The van der Waals surface area contributed by atoms with Crippen LogP contribution in [0.2, 0.25) is 0 Å². The lowest BCUT2D eigenvalue weighted by molar-refractivity contribution is 0.157. The Balaban J connectivity index is 2.00. The van der Waals surface area contributed by atoms with Gasteiger partial charge in [-0.05, 0) is 56.0 Å². The molecule has 1 fully saturated rings. The van der Waals surface area contributed by atoms with Crippen LogP contribution in [0.25, 0.3) is 10.9 Å². The number of fused-ring (bicyclic) bond motifs is 2. The SMILES string of the molecule is C#Cc1c2c3c(cccc3n1NC(N)=O)[C@H]1CCCN(C)[C@@H]1C2. The number of urea groups is 1. The Morgan fingerprint density at radius 2 is 2.30 bits per heavy atom. The summed E-state index contributed by atoms with van der Waals surface area (Å²) in [6, 6.07) is 6.10. The molecule has 5 nitrogen and oxygen atoms in total. The molecule has 1 aliphatic heterocycles. The zero-order valence-electron chi connectivity index (χ0n) is 13.2. The van der Waals surface area contributed by atoms with E-state index < -0.39 is 6.03 Å². The first kappa shape index (κ1) is 14.2. The Labute approximate surface area is 135 Å². The Morgan fingerprint density at radius 3 is 3.04 bits per heavy atom. The summed E-state index contributed by atoms with van der Waals surface area (Å²) in [4.78, 5) is 13.8. The summed E-state index contributed by atoms with van der Waals surface area (Å²) in [7, 11) is 2.19. The molecule has 5 heteroatoms. The van der Waals surface area contributed by atoms with Gasteiger partial charge in [-0.15, -0.1) is 6.42 Å². The molecule has 2 amide bonds. The first-order valence-electron chi connectivity index (χ1n) is 8.01. The average Bonchev–Trinajstić information content (AvgIpc) is 2.83. The van der Waals surface area contributed by atoms with E-state index in [-0.39, 0.29) is 0 Å². The molecule has 0 spiro atoms. The highest BCUT2D eigenvalue weighted by Crippen LogP contribution is 2.44. The topological polar surface area (TPSA) is 63.3 Å². The zero-order valence-corrected chi connectivity index (χ0v) is 13.2. The van der Waals surface area contributed by atoms with E-state index in [9.17, 15) is 4.79 Å². The van der Waals surface area contributed by atoms with Crippen LogP contribution >= 0.6 is 0 Å². The average molecular weight is 308 g/mol. The van der Waals surface area contributed by atoms with Crippen LogP contribution in [0.5, 0.6) is 0 Å². The van der Waals surface area contributed by atoms with Crippen molar-refractivity contribution in [1.29, 1.82) is 0 Å². The van der Waals surface area contributed by atoms with Gasteiger partial charge >= 0.3 is 6.03 Å². The van der Waals surface area contributed by atoms with Crippen molar-refractivity contribution in [2.45, 2.75) is 31.2 Å². The van der Waals surface area contributed by atoms with E-state index in [0.717, 1.165) is 24.0 Å². The number of hydrogen-bond donors (Lipinski definition) is 2. The Hall–Kier alpha value is -2.45. The van der Waals surface area contributed by atoms with Crippen LogP contribution in [0, 0.1) is 12.3 Å². The number of benzene rings is 1. The van der Waals surface area contributed by atoms with Gasteiger partial charge < -0.3 is 10.6 Å². The molecular formula is C18H20N4O. The summed E-state index contributed by atoms with van der Waals surface area (Å²) < 4.78 is 1.67. The molecule has 0 bridgehead atoms. The monoisotopic (exact) mass is 308 g/mol. The van der Waals surface area contributed by atoms with Gasteiger partial charge in [-0.25, -0.2) is 14.9 Å². The molecule has 2 aliphatic rings. The van der Waals surface area contributed by atoms with E-state index in [1.165, 1.54) is 23.8 Å². The van der Waals surface area contributed by atoms with Gasteiger partial charge in [0, 0.05) is 17.3 Å². The second-order valence-electron chi connectivity index (χ2n) is 6.53. The Kier molecular flexibility index (Phi) is 3.10. The molecule has 1 aliphatic carbocycles. The minimum atomic E-state index is -0.607. The van der Waals surface area contributed by atoms with Crippen LogP contribution in [0.4, 0.5) is 4.79 Å². The molecule has 1 aromatic heterocycles. The van der Waals surface area contributed by atoms with Crippen LogP contribution in [-0.4, -0.2) is 35.2 Å². The lowest BCUT2D eigenvalue weighted by Gasteiger charge is -2.42. The van der Waals surface area contributed by atoms with Crippen LogP contribution in [0.1, 0.15) is 35.6 Å². The lowest BCUT2D eigenvalue weighted by atomic mass is 9.75. The number of primary amides is 1. The van der Waals surface area contributed by atoms with Crippen LogP contribution in [-0.2, 0) is 6.42 Å². The molecule has 2 atom stereocenters. The zero-order chi connectivity index (χ0) is 16.1. The minimum Gasteiger partial charge on any atom is -0.350 e. The van der Waals surface area contributed by atoms with Gasteiger partial charge in [0.15, 0.2) is 0 Å². The number of rotatable bonds is 1. The van der Waals surface area contributed by atoms with Crippen molar-refractivity contribution in [3.05, 3.63) is 35.0 Å². The maximum atomic E-state index is 11.4. The maximum absolute atomic E-state index is 11.4. The summed E-state index contributed by atoms with van der Waals surface area (Å²) in [5, 5.41) is 1.20. The summed E-state index contributed by atoms with van der Waals surface area (Å²) >= 11 is 0. The van der Waals surface area contributed by atoms with Crippen LogP contribution in [0.15, 0.2) is 18.2 Å². The molecule has 0 unspecified atom stereocenters. The number of nitrogens with one attached hydrogen (secondary N) is 1. The molecule has 23 heavy (non-hydrogen) atoms. The smallest absolute Gasteiger partial charge is 0.331 e. The second-order valence-corrected chi connectivity index (χ2v) is 6.53. The van der Waals surface area contributed by atoms with E-state index in [1.807, 2.05) is 12.1 Å². The van der Waals surface area contributed by atoms with Crippen molar-refractivity contribution in [2.24, 2.45) is 5.73 Å². The molecule has 0 saturated carbocycles. The van der Waals surface area contributed by atoms with E-state index in [4.69, 9.17) is 12.2 Å². The van der Waals surface area contributed by atoms with Crippen molar-refractivity contribution < 1.29 is 4.79 Å². The van der Waals surface area contributed by atoms with Crippen molar-refractivity contribution in [3.8, 4) is 12.3 Å². The normalized spacial score (nSPS) is 23.3. The van der Waals surface area contributed by atoms with Gasteiger partial charge in [0.2, 0.25) is 0 Å². The molecule has 4 rings (SSSR count). The fraction of sp³-hybridized carbons (Fsp3) is 0.389. The van der Waals surface area contributed by atoms with Crippen LogP contribution < -0.4 is 11.2 Å². The number of carbonyl (C=O) groups is 1. The predicted octanol–water partition coefficient (Wildman–Crippen LogP) is 1.98. The van der Waals surface area contributed by atoms with Gasteiger partial charge in [0.05, 0.1) is 5.52 Å². The molecule has 2 aromatic rings. The number of carbonyl (C=O) groups excluding carboxylic acids is 1. The molecule has 2 heterocycles. The maximum Gasteiger partial charge on any atom is 0.331 e. The summed E-state index contributed by atoms with van der Waals surface area (Å²) in [5.74, 6) is 3.28. The number of nitrogens with zero attached hydrogens (tertiary/aromatic N) is 2.